The van der Waals surface area contributed by atoms with Crippen molar-refractivity contribution in [2.45, 2.75) is 6.92 Å². The van der Waals surface area contributed by atoms with Gasteiger partial charge in [0, 0.05) is 5.11 Å². The number of nitrogens with zero attached hydrogens (tertiary/aromatic N) is 2. The number of hydrogen-bond donors (Lipinski definition) is 5. The Morgan fingerprint density at radius 2 is 2.00 bits per heavy atom. The van der Waals surface area contributed by atoms with Gasteiger partial charge in [0.2, 0.25) is 0 Å². The molecule has 2 aromatic carbocycles. The second-order valence-electron chi connectivity index (χ2n) is 5.21. The largest absolute Gasteiger partial charge is 0.505 e. The van der Waals surface area contributed by atoms with Gasteiger partial charge in [-0.2, -0.15) is 0 Å². The minimum atomic E-state index is -0.306. The number of anilines is 1. The molecule has 25 heavy (non-hydrogen) atoms. The highest BCUT2D eigenvalue weighted by molar-refractivity contribution is 5.60. The van der Waals surface area contributed by atoms with Gasteiger partial charge in [0.1, 0.15) is 11.4 Å². The molecular formula is C16H16N5O4+. The average molecular weight is 342 g/mol. The van der Waals surface area contributed by atoms with Gasteiger partial charge in [-0.15, -0.1) is 4.99 Å². The van der Waals surface area contributed by atoms with Crippen molar-refractivity contribution in [1.82, 2.24) is 9.78 Å². The van der Waals surface area contributed by atoms with E-state index >= 15 is 0 Å². The number of nitrogens with one attached hydrogen (secondary N) is 3. The second kappa shape index (κ2) is 6.99. The van der Waals surface area contributed by atoms with Gasteiger partial charge in [-0.25, -0.2) is 15.4 Å². The van der Waals surface area contributed by atoms with E-state index in [4.69, 9.17) is 5.26 Å². The summed E-state index contributed by atoms with van der Waals surface area (Å²) in [5, 5.41) is 27.9. The Hall–Kier alpha value is -3.43. The molecule has 0 aliphatic heterocycles. The molecule has 9 nitrogen and oxygen atoms in total. The Bertz CT molecular complexity index is 962. The molecule has 0 aliphatic rings. The first-order chi connectivity index (χ1) is 12.1. The van der Waals surface area contributed by atoms with Crippen LogP contribution in [0.5, 0.6) is 5.75 Å². The standard InChI is InChI=1S/C16H15N5O4/c1-10-15(16(23)21(19-10)12-5-3-2-4-6-12)18-17-13-9-11(20-25-24)7-8-14(13)22/h2-9,19-20,22,24H,1H3/p+1. The van der Waals surface area contributed by atoms with E-state index in [1.54, 1.807) is 19.1 Å². The highest BCUT2D eigenvalue weighted by atomic mass is 17.2. The van der Waals surface area contributed by atoms with Crippen LogP contribution in [0.15, 0.2) is 58.4 Å². The number of hydrogen-bond acceptors (Lipinski definition) is 6. The molecule has 0 fully saturated rings. The third-order valence-corrected chi connectivity index (χ3v) is 3.51. The van der Waals surface area contributed by atoms with Crippen LogP contribution < -0.4 is 16.2 Å². The molecule has 0 amide bonds. The number of aromatic hydroxyl groups is 1. The molecule has 0 aliphatic carbocycles. The number of benzene rings is 2. The van der Waals surface area contributed by atoms with Crippen LogP contribution in [0.3, 0.4) is 0 Å². The molecule has 0 spiro atoms. The number of aryl methyl sites for hydroxylation is 1. The molecule has 1 aromatic heterocycles. The minimum absolute atomic E-state index is 0.104. The molecule has 128 valence electrons. The van der Waals surface area contributed by atoms with E-state index in [9.17, 15) is 9.90 Å². The highest BCUT2D eigenvalue weighted by Gasteiger charge is 2.17. The fourth-order valence-electron chi connectivity index (χ4n) is 2.28. The number of phenolic OH excluding ortho intramolecular Hbond substituents is 1. The Kier molecular flexibility index (Phi) is 4.59. The molecule has 0 bridgehead atoms. The zero-order chi connectivity index (χ0) is 17.8. The summed E-state index contributed by atoms with van der Waals surface area (Å²) in [5.41, 5.74) is 3.96. The zero-order valence-electron chi connectivity index (χ0n) is 13.2. The van der Waals surface area contributed by atoms with E-state index in [0.717, 1.165) is 0 Å². The molecule has 1 heterocycles. The lowest BCUT2D eigenvalue weighted by Gasteiger charge is -2.01. The maximum absolute atomic E-state index is 12.5. The van der Waals surface area contributed by atoms with Gasteiger partial charge in [0.15, 0.2) is 5.69 Å². The van der Waals surface area contributed by atoms with Crippen molar-refractivity contribution in [2.24, 2.45) is 5.11 Å². The van der Waals surface area contributed by atoms with Crippen LogP contribution in [0.2, 0.25) is 0 Å². The summed E-state index contributed by atoms with van der Waals surface area (Å²) in [5.74, 6) is -0.104. The number of phenols is 1. The predicted molar refractivity (Wildman–Crippen MR) is 89.3 cm³/mol. The number of azo groups is 1. The van der Waals surface area contributed by atoms with Crippen LogP contribution in [-0.4, -0.2) is 20.1 Å². The molecule has 0 atom stereocenters. The van der Waals surface area contributed by atoms with Crippen LogP contribution in [0.4, 0.5) is 17.1 Å². The Balaban J connectivity index is 1.96. The van der Waals surface area contributed by atoms with E-state index in [1.165, 1.54) is 22.9 Å². The van der Waals surface area contributed by atoms with Gasteiger partial charge in [-0.05, 0) is 37.3 Å². The van der Waals surface area contributed by atoms with Crippen LogP contribution >= 0.6 is 0 Å². The lowest BCUT2D eigenvalue weighted by Crippen LogP contribution is -2.60. The average Bonchev–Trinajstić information content (AvgIpc) is 2.91. The topological polar surface area (TPSA) is 126 Å². The van der Waals surface area contributed by atoms with Crippen molar-refractivity contribution in [2.75, 3.05) is 5.48 Å². The molecule has 0 saturated heterocycles. The predicted octanol–water partition coefficient (Wildman–Crippen LogP) is 1.49. The third kappa shape index (κ3) is 3.42. The zero-order valence-corrected chi connectivity index (χ0v) is 13.2. The van der Waals surface area contributed by atoms with Gasteiger partial charge in [-0.3, -0.25) is 9.89 Å². The minimum Gasteiger partial charge on any atom is -0.505 e. The Morgan fingerprint density at radius 3 is 2.72 bits per heavy atom. The van der Waals surface area contributed by atoms with Gasteiger partial charge in [0.05, 0.1) is 11.4 Å². The SMILES string of the molecule is Cc1[nH]n(-c2ccccc2)c(=O)c1[NH+]=Nc1cc(NOO)ccc1O. The molecule has 3 rings (SSSR count). The molecule has 5 N–H and O–H groups in total. The lowest BCUT2D eigenvalue weighted by molar-refractivity contribution is -0.435. The quantitative estimate of drug-likeness (QED) is 0.208. The van der Waals surface area contributed by atoms with Crippen LogP contribution in [-0.2, 0) is 4.99 Å². The first-order valence-corrected chi connectivity index (χ1v) is 7.33. The second-order valence-corrected chi connectivity index (χ2v) is 5.21. The van der Waals surface area contributed by atoms with Crippen LogP contribution in [0.1, 0.15) is 5.69 Å². The van der Waals surface area contributed by atoms with Crippen molar-refractivity contribution in [1.29, 1.82) is 0 Å². The molecule has 0 saturated carbocycles. The maximum atomic E-state index is 12.5. The third-order valence-electron chi connectivity index (χ3n) is 3.51. The summed E-state index contributed by atoms with van der Waals surface area (Å²) in [7, 11) is 0. The molecule has 9 heteroatoms. The summed E-state index contributed by atoms with van der Waals surface area (Å²) in [4.78, 5) is 16.4. The van der Waals surface area contributed by atoms with Gasteiger partial charge >= 0.3 is 11.2 Å². The fourth-order valence-corrected chi connectivity index (χ4v) is 2.28. The van der Waals surface area contributed by atoms with Gasteiger partial charge in [-0.1, -0.05) is 23.3 Å². The van der Waals surface area contributed by atoms with Crippen molar-refractivity contribution in [3.05, 3.63) is 64.6 Å². The Labute approximate surface area is 141 Å². The Morgan fingerprint density at radius 1 is 1.24 bits per heavy atom. The number of H-pyrrole nitrogens is 1. The number of para-hydroxylation sites is 1. The van der Waals surface area contributed by atoms with Crippen molar-refractivity contribution in [3.63, 3.8) is 0 Å². The van der Waals surface area contributed by atoms with Crippen molar-refractivity contribution < 1.29 is 20.5 Å². The van der Waals surface area contributed by atoms with Crippen molar-refractivity contribution in [3.8, 4) is 11.4 Å². The van der Waals surface area contributed by atoms with Crippen molar-refractivity contribution >= 4 is 17.1 Å². The fraction of sp³-hybridized carbons (Fsp3) is 0.0625. The number of aromatic amines is 1. The summed E-state index contributed by atoms with van der Waals surface area (Å²) in [6.07, 6.45) is 0. The molecule has 0 unspecified atom stereocenters. The highest BCUT2D eigenvalue weighted by Crippen LogP contribution is 2.28. The summed E-state index contributed by atoms with van der Waals surface area (Å²) < 4.78 is 1.39. The maximum Gasteiger partial charge on any atom is 0.345 e. The monoisotopic (exact) mass is 342 g/mol. The van der Waals surface area contributed by atoms with E-state index in [1.807, 2.05) is 18.2 Å². The lowest BCUT2D eigenvalue weighted by atomic mass is 10.2. The molecule has 3 aromatic rings. The van der Waals surface area contributed by atoms with E-state index in [0.29, 0.717) is 17.1 Å². The molecular weight excluding hydrogens is 326 g/mol. The first-order valence-electron chi connectivity index (χ1n) is 7.33. The normalized spacial score (nSPS) is 11.1. The summed E-state index contributed by atoms with van der Waals surface area (Å²) >= 11 is 0. The molecule has 0 radical (unpaired) electrons. The van der Waals surface area contributed by atoms with E-state index in [2.05, 4.69) is 25.8 Å². The van der Waals surface area contributed by atoms with Crippen LogP contribution in [0.25, 0.3) is 5.69 Å². The first kappa shape index (κ1) is 16.4. The number of rotatable bonds is 5. The smallest absolute Gasteiger partial charge is 0.345 e. The summed E-state index contributed by atoms with van der Waals surface area (Å²) in [6.45, 7) is 1.73. The van der Waals surface area contributed by atoms with Crippen LogP contribution in [0, 0.1) is 6.92 Å². The van der Waals surface area contributed by atoms with E-state index < -0.39 is 0 Å². The van der Waals surface area contributed by atoms with E-state index in [-0.39, 0.29) is 22.7 Å². The van der Waals surface area contributed by atoms with Gasteiger partial charge in [0.25, 0.3) is 0 Å². The summed E-state index contributed by atoms with van der Waals surface area (Å²) in [6, 6.07) is 13.4. The number of aromatic nitrogens is 2. The van der Waals surface area contributed by atoms with Gasteiger partial charge < -0.3 is 5.11 Å².